The van der Waals surface area contributed by atoms with Crippen LogP contribution >= 0.6 is 0 Å². The number of benzene rings is 1. The third kappa shape index (κ3) is 3.38. The lowest BCUT2D eigenvalue weighted by molar-refractivity contribution is 0.368. The standard InChI is InChI=1S/C19H19FN6O2/c1-19(2,3)24-18-26-25-16(28-18)10-5-6-14-11(7-10)12(8-21-14)15-22-9-13(20)17(23-15)27-4/h5-9,21H,1-4H3,(H,24,26). The van der Waals surface area contributed by atoms with Crippen LogP contribution in [0.15, 0.2) is 35.0 Å². The fourth-order valence-corrected chi connectivity index (χ4v) is 2.77. The number of H-pyrrole nitrogens is 1. The van der Waals surface area contributed by atoms with Crippen LogP contribution in [0.25, 0.3) is 33.7 Å². The lowest BCUT2D eigenvalue weighted by Crippen LogP contribution is -2.26. The molecule has 0 aliphatic rings. The Labute approximate surface area is 160 Å². The Morgan fingerprint density at radius 2 is 2.04 bits per heavy atom. The third-order valence-electron chi connectivity index (χ3n) is 3.98. The lowest BCUT2D eigenvalue weighted by Gasteiger charge is -2.17. The Morgan fingerprint density at radius 1 is 1.21 bits per heavy atom. The van der Waals surface area contributed by atoms with Crippen LogP contribution in [0.3, 0.4) is 0 Å². The predicted octanol–water partition coefficient (Wildman–Crippen LogP) is 4.03. The minimum absolute atomic E-state index is 0.106. The SMILES string of the molecule is COc1nc(-c2c[nH]c3ccc(-c4nnc(NC(C)(C)C)o4)cc23)ncc1F. The highest BCUT2D eigenvalue weighted by Gasteiger charge is 2.17. The molecule has 3 aromatic heterocycles. The van der Waals surface area contributed by atoms with Gasteiger partial charge in [0.2, 0.25) is 11.7 Å². The molecule has 28 heavy (non-hydrogen) atoms. The number of rotatable bonds is 4. The van der Waals surface area contributed by atoms with E-state index < -0.39 is 5.82 Å². The molecule has 9 heteroatoms. The molecule has 0 saturated carbocycles. The molecule has 144 valence electrons. The second-order valence-electron chi connectivity index (χ2n) is 7.30. The van der Waals surface area contributed by atoms with Gasteiger partial charge < -0.3 is 19.5 Å². The monoisotopic (exact) mass is 382 g/mol. The first kappa shape index (κ1) is 17.9. The molecule has 0 fully saturated rings. The molecule has 0 amide bonds. The van der Waals surface area contributed by atoms with E-state index in [0.29, 0.717) is 23.3 Å². The highest BCUT2D eigenvalue weighted by atomic mass is 19.1. The molecule has 4 rings (SSSR count). The molecule has 4 aromatic rings. The van der Waals surface area contributed by atoms with Gasteiger partial charge in [0.1, 0.15) is 0 Å². The Morgan fingerprint density at radius 3 is 2.79 bits per heavy atom. The number of hydrogen-bond acceptors (Lipinski definition) is 7. The normalized spacial score (nSPS) is 11.8. The maximum Gasteiger partial charge on any atom is 0.316 e. The predicted molar refractivity (Wildman–Crippen MR) is 103 cm³/mol. The molecule has 0 radical (unpaired) electrons. The van der Waals surface area contributed by atoms with E-state index in [0.717, 1.165) is 22.7 Å². The first-order valence-electron chi connectivity index (χ1n) is 8.64. The quantitative estimate of drug-likeness (QED) is 0.549. The van der Waals surface area contributed by atoms with Gasteiger partial charge in [0.05, 0.1) is 13.3 Å². The van der Waals surface area contributed by atoms with E-state index in [9.17, 15) is 4.39 Å². The second kappa shape index (κ2) is 6.59. The number of halogens is 1. The molecular weight excluding hydrogens is 363 g/mol. The molecule has 0 saturated heterocycles. The molecule has 0 atom stereocenters. The molecule has 0 aliphatic heterocycles. The van der Waals surface area contributed by atoms with E-state index in [2.05, 4.69) is 30.5 Å². The highest BCUT2D eigenvalue weighted by Crippen LogP contribution is 2.31. The molecule has 8 nitrogen and oxygen atoms in total. The van der Waals surface area contributed by atoms with E-state index in [4.69, 9.17) is 9.15 Å². The van der Waals surface area contributed by atoms with Gasteiger partial charge in [-0.1, -0.05) is 5.10 Å². The number of fused-ring (bicyclic) bond motifs is 1. The zero-order valence-electron chi connectivity index (χ0n) is 15.9. The third-order valence-corrected chi connectivity index (χ3v) is 3.98. The lowest BCUT2D eigenvalue weighted by atomic mass is 10.1. The van der Waals surface area contributed by atoms with Gasteiger partial charge in [0, 0.05) is 33.8 Å². The van der Waals surface area contributed by atoms with Crippen molar-refractivity contribution >= 4 is 16.9 Å². The molecule has 0 aliphatic carbocycles. The number of aromatic nitrogens is 5. The minimum atomic E-state index is -0.614. The fourth-order valence-electron chi connectivity index (χ4n) is 2.77. The summed E-state index contributed by atoms with van der Waals surface area (Å²) in [5.41, 5.74) is 2.14. The van der Waals surface area contributed by atoms with Gasteiger partial charge in [0.15, 0.2) is 5.82 Å². The van der Waals surface area contributed by atoms with Crippen LogP contribution < -0.4 is 10.1 Å². The summed E-state index contributed by atoms with van der Waals surface area (Å²) in [4.78, 5) is 11.4. The van der Waals surface area contributed by atoms with Gasteiger partial charge in [0.25, 0.3) is 5.88 Å². The summed E-state index contributed by atoms with van der Waals surface area (Å²) in [6, 6.07) is 6.02. The van der Waals surface area contributed by atoms with Crippen molar-refractivity contribution in [1.29, 1.82) is 0 Å². The number of methoxy groups -OCH3 is 1. The Kier molecular flexibility index (Phi) is 4.21. The molecular formula is C19H19FN6O2. The van der Waals surface area contributed by atoms with Gasteiger partial charge in [-0.05, 0) is 39.0 Å². The van der Waals surface area contributed by atoms with Crippen molar-refractivity contribution in [3.63, 3.8) is 0 Å². The van der Waals surface area contributed by atoms with Crippen LogP contribution in [-0.2, 0) is 0 Å². The van der Waals surface area contributed by atoms with Crippen molar-refractivity contribution in [2.45, 2.75) is 26.3 Å². The Hall–Kier alpha value is -3.49. The summed E-state index contributed by atoms with van der Waals surface area (Å²) in [5.74, 6) is 0.0162. The van der Waals surface area contributed by atoms with Crippen molar-refractivity contribution < 1.29 is 13.5 Å². The van der Waals surface area contributed by atoms with Gasteiger partial charge in [-0.2, -0.15) is 9.37 Å². The average Bonchev–Trinajstić information content (AvgIpc) is 3.27. The number of anilines is 1. The molecule has 2 N–H and O–H groups in total. The van der Waals surface area contributed by atoms with E-state index in [1.54, 1.807) is 6.20 Å². The maximum absolute atomic E-state index is 13.6. The minimum Gasteiger partial charge on any atom is -0.479 e. The van der Waals surface area contributed by atoms with Crippen molar-refractivity contribution in [2.24, 2.45) is 0 Å². The number of nitrogens with one attached hydrogen (secondary N) is 2. The highest BCUT2D eigenvalue weighted by molar-refractivity contribution is 5.96. The van der Waals surface area contributed by atoms with Crippen molar-refractivity contribution in [3.05, 3.63) is 36.4 Å². The average molecular weight is 382 g/mol. The van der Waals surface area contributed by atoms with Gasteiger partial charge >= 0.3 is 6.01 Å². The van der Waals surface area contributed by atoms with E-state index in [1.165, 1.54) is 7.11 Å². The van der Waals surface area contributed by atoms with Crippen LogP contribution in [0.2, 0.25) is 0 Å². The van der Waals surface area contributed by atoms with Crippen LogP contribution in [-0.4, -0.2) is 37.8 Å². The molecule has 0 unspecified atom stereocenters. The summed E-state index contributed by atoms with van der Waals surface area (Å²) in [6.45, 7) is 6.02. The fraction of sp³-hybridized carbons (Fsp3) is 0.263. The maximum atomic E-state index is 13.6. The van der Waals surface area contributed by atoms with Gasteiger partial charge in [-0.3, -0.25) is 0 Å². The van der Waals surface area contributed by atoms with Crippen LogP contribution in [0.1, 0.15) is 20.8 Å². The smallest absolute Gasteiger partial charge is 0.316 e. The van der Waals surface area contributed by atoms with E-state index in [-0.39, 0.29) is 11.4 Å². The summed E-state index contributed by atoms with van der Waals surface area (Å²) in [7, 11) is 1.36. The summed E-state index contributed by atoms with van der Waals surface area (Å²) in [6.07, 6.45) is 2.85. The van der Waals surface area contributed by atoms with Gasteiger partial charge in [-0.25, -0.2) is 4.98 Å². The largest absolute Gasteiger partial charge is 0.479 e. The number of nitrogens with zero attached hydrogens (tertiary/aromatic N) is 4. The molecule has 3 heterocycles. The Bertz CT molecular complexity index is 1140. The molecule has 1 aromatic carbocycles. The van der Waals surface area contributed by atoms with Crippen molar-refractivity contribution in [3.8, 4) is 28.7 Å². The summed E-state index contributed by atoms with van der Waals surface area (Å²) >= 11 is 0. The number of hydrogen-bond donors (Lipinski definition) is 2. The van der Waals surface area contributed by atoms with Gasteiger partial charge in [-0.15, -0.1) is 5.10 Å². The van der Waals surface area contributed by atoms with E-state index in [1.807, 2.05) is 39.0 Å². The van der Waals surface area contributed by atoms with Crippen LogP contribution in [0.5, 0.6) is 5.88 Å². The van der Waals surface area contributed by atoms with Crippen LogP contribution in [0.4, 0.5) is 10.4 Å². The van der Waals surface area contributed by atoms with Crippen LogP contribution in [0, 0.1) is 5.82 Å². The summed E-state index contributed by atoms with van der Waals surface area (Å²) < 4.78 is 24.3. The number of aromatic amines is 1. The van der Waals surface area contributed by atoms with Crippen molar-refractivity contribution in [2.75, 3.05) is 12.4 Å². The zero-order valence-corrected chi connectivity index (χ0v) is 15.9. The first-order valence-corrected chi connectivity index (χ1v) is 8.64. The van der Waals surface area contributed by atoms with Crippen molar-refractivity contribution in [1.82, 2.24) is 25.1 Å². The summed E-state index contributed by atoms with van der Waals surface area (Å²) in [5, 5.41) is 12.1. The Balaban J connectivity index is 1.75. The van der Waals surface area contributed by atoms with E-state index >= 15 is 0 Å². The zero-order chi connectivity index (χ0) is 19.9. The molecule has 0 spiro atoms. The number of ether oxygens (including phenoxy) is 1. The molecule has 0 bridgehead atoms. The first-order chi connectivity index (χ1) is 13.3. The second-order valence-corrected chi connectivity index (χ2v) is 7.30. The topological polar surface area (TPSA) is 102 Å².